The number of carbonyl (C=O) groups is 2. The lowest BCUT2D eigenvalue weighted by atomic mass is 9.88. The SMILES string of the molecule is CN(C)C(=O)c1ccc(N2CCC(F)(CCCN(C)C(=O)C(O)(c3ccccc3)C(F)(F)F)CC2)cc1Cl. The second-order valence-corrected chi connectivity index (χ2v) is 10.3. The molecule has 208 valence electrons. The molecule has 38 heavy (non-hydrogen) atoms. The summed E-state index contributed by atoms with van der Waals surface area (Å²) in [5.41, 5.74) is -4.65. The third-order valence-electron chi connectivity index (χ3n) is 6.99. The van der Waals surface area contributed by atoms with Gasteiger partial charge in [0, 0.05) is 52.0 Å². The van der Waals surface area contributed by atoms with Gasteiger partial charge in [0.25, 0.3) is 17.4 Å². The molecular formula is C27H32ClF4N3O3. The average Bonchev–Trinajstić information content (AvgIpc) is 2.87. The second-order valence-electron chi connectivity index (χ2n) is 9.91. The molecule has 1 fully saturated rings. The summed E-state index contributed by atoms with van der Waals surface area (Å²) in [6, 6.07) is 11.3. The van der Waals surface area contributed by atoms with Crippen molar-refractivity contribution in [2.75, 3.05) is 45.7 Å². The Labute approximate surface area is 224 Å². The van der Waals surface area contributed by atoms with E-state index in [-0.39, 0.29) is 38.1 Å². The van der Waals surface area contributed by atoms with Crippen molar-refractivity contribution in [1.29, 1.82) is 0 Å². The van der Waals surface area contributed by atoms with Gasteiger partial charge in [-0.15, -0.1) is 0 Å². The molecule has 1 aliphatic rings. The number of rotatable bonds is 8. The molecule has 0 radical (unpaired) electrons. The maximum atomic E-state index is 15.5. The van der Waals surface area contributed by atoms with Gasteiger partial charge in [-0.25, -0.2) is 4.39 Å². The highest BCUT2D eigenvalue weighted by atomic mass is 35.5. The summed E-state index contributed by atoms with van der Waals surface area (Å²) in [7, 11) is 4.43. The van der Waals surface area contributed by atoms with E-state index in [1.807, 2.05) is 4.90 Å². The molecule has 0 aromatic heterocycles. The van der Waals surface area contributed by atoms with Crippen LogP contribution in [0.3, 0.4) is 0 Å². The fourth-order valence-electron chi connectivity index (χ4n) is 4.63. The molecule has 2 amide bonds. The van der Waals surface area contributed by atoms with Gasteiger partial charge >= 0.3 is 6.18 Å². The highest BCUT2D eigenvalue weighted by Crippen LogP contribution is 2.40. The molecule has 2 aromatic carbocycles. The van der Waals surface area contributed by atoms with Gasteiger partial charge in [0.05, 0.1) is 10.6 Å². The minimum atomic E-state index is -5.23. The number of nitrogens with zero attached hydrogens (tertiary/aromatic N) is 3. The zero-order chi connectivity index (χ0) is 28.3. The van der Waals surface area contributed by atoms with Crippen LogP contribution in [0.25, 0.3) is 0 Å². The average molecular weight is 558 g/mol. The number of carbonyl (C=O) groups excluding carboxylic acids is 2. The molecule has 1 atom stereocenters. The van der Waals surface area contributed by atoms with Gasteiger partial charge < -0.3 is 19.8 Å². The highest BCUT2D eigenvalue weighted by molar-refractivity contribution is 6.34. The van der Waals surface area contributed by atoms with E-state index in [0.29, 0.717) is 23.7 Å². The Hall–Kier alpha value is -2.85. The summed E-state index contributed by atoms with van der Waals surface area (Å²) in [4.78, 5) is 29.1. The molecule has 1 aliphatic heterocycles. The molecule has 2 aromatic rings. The zero-order valence-corrected chi connectivity index (χ0v) is 22.3. The van der Waals surface area contributed by atoms with Crippen LogP contribution in [0.2, 0.25) is 5.02 Å². The topological polar surface area (TPSA) is 64.1 Å². The number of halogens is 5. The van der Waals surface area contributed by atoms with Crippen molar-refractivity contribution < 1.29 is 32.3 Å². The fourth-order valence-corrected chi connectivity index (χ4v) is 4.88. The standard InChI is InChI=1S/C27H32ClF4N3O3/c1-33(2)23(36)21-11-10-20(18-22(21)28)35-16-13-25(29,14-17-35)12-7-15-34(3)24(37)26(38,27(30,31)32)19-8-5-4-6-9-19/h4-6,8-11,18,38H,7,12-17H2,1-3H3. The summed E-state index contributed by atoms with van der Waals surface area (Å²) in [6.07, 6.45) is -4.65. The predicted octanol–water partition coefficient (Wildman–Crippen LogP) is 5.04. The minimum Gasteiger partial charge on any atom is -0.371 e. The molecule has 1 N–H and O–H groups in total. The van der Waals surface area contributed by atoms with Crippen molar-refractivity contribution in [3.63, 3.8) is 0 Å². The number of piperidine rings is 1. The van der Waals surface area contributed by atoms with Crippen LogP contribution in [0, 0.1) is 0 Å². The van der Waals surface area contributed by atoms with Crippen LogP contribution < -0.4 is 4.90 Å². The number of alkyl halides is 4. The van der Waals surface area contributed by atoms with E-state index in [4.69, 9.17) is 11.6 Å². The molecular weight excluding hydrogens is 526 g/mol. The Kier molecular flexibility index (Phi) is 8.98. The van der Waals surface area contributed by atoms with Crippen molar-refractivity contribution in [3.8, 4) is 0 Å². The van der Waals surface area contributed by atoms with E-state index in [9.17, 15) is 27.9 Å². The maximum Gasteiger partial charge on any atom is 0.430 e. The van der Waals surface area contributed by atoms with Gasteiger partial charge in [0.2, 0.25) is 0 Å². The summed E-state index contributed by atoms with van der Waals surface area (Å²) in [5.74, 6) is -1.73. The van der Waals surface area contributed by atoms with Crippen LogP contribution in [0.15, 0.2) is 48.5 Å². The van der Waals surface area contributed by atoms with Gasteiger partial charge in [-0.05, 0) is 43.9 Å². The van der Waals surface area contributed by atoms with Crippen molar-refractivity contribution in [2.45, 2.75) is 43.1 Å². The van der Waals surface area contributed by atoms with Gasteiger partial charge in [-0.3, -0.25) is 9.59 Å². The first-order valence-corrected chi connectivity index (χ1v) is 12.6. The number of aliphatic hydroxyl groups is 1. The molecule has 1 saturated heterocycles. The zero-order valence-electron chi connectivity index (χ0n) is 21.6. The minimum absolute atomic E-state index is 0.0608. The number of hydrogen-bond acceptors (Lipinski definition) is 4. The normalized spacial score (nSPS) is 17.0. The van der Waals surface area contributed by atoms with Crippen LogP contribution in [0.5, 0.6) is 0 Å². The Morgan fingerprint density at radius 2 is 1.66 bits per heavy atom. The number of hydrogen-bond donors (Lipinski definition) is 1. The van der Waals surface area contributed by atoms with Gasteiger partial charge in [-0.2, -0.15) is 13.2 Å². The number of amides is 2. The molecule has 1 unspecified atom stereocenters. The molecule has 6 nitrogen and oxygen atoms in total. The van der Waals surface area contributed by atoms with Gasteiger partial charge in [0.15, 0.2) is 0 Å². The summed E-state index contributed by atoms with van der Waals surface area (Å²) >= 11 is 6.30. The van der Waals surface area contributed by atoms with Crippen molar-refractivity contribution in [3.05, 3.63) is 64.7 Å². The Morgan fingerprint density at radius 3 is 2.18 bits per heavy atom. The van der Waals surface area contributed by atoms with Crippen LogP contribution in [0.4, 0.5) is 23.2 Å². The molecule has 0 saturated carbocycles. The first-order valence-electron chi connectivity index (χ1n) is 12.2. The Balaban J connectivity index is 1.57. The first kappa shape index (κ1) is 29.7. The molecule has 11 heteroatoms. The second kappa shape index (κ2) is 11.5. The fraction of sp³-hybridized carbons (Fsp3) is 0.481. The van der Waals surface area contributed by atoms with Crippen molar-refractivity contribution >= 4 is 29.1 Å². The third kappa shape index (κ3) is 6.23. The van der Waals surface area contributed by atoms with Crippen LogP contribution in [-0.2, 0) is 10.4 Å². The number of anilines is 1. The Morgan fingerprint density at radius 1 is 1.05 bits per heavy atom. The Bertz CT molecular complexity index is 1140. The number of likely N-dealkylation sites (N-methyl/N-ethyl adjacent to an activating group) is 1. The van der Waals surface area contributed by atoms with E-state index >= 15 is 4.39 Å². The van der Waals surface area contributed by atoms with Gasteiger partial charge in [0.1, 0.15) is 5.67 Å². The lowest BCUT2D eigenvalue weighted by Crippen LogP contribution is -2.55. The smallest absolute Gasteiger partial charge is 0.371 e. The monoisotopic (exact) mass is 557 g/mol. The molecule has 3 rings (SSSR count). The summed E-state index contributed by atoms with van der Waals surface area (Å²) < 4.78 is 56.9. The lowest BCUT2D eigenvalue weighted by Gasteiger charge is -2.38. The predicted molar refractivity (Wildman–Crippen MR) is 138 cm³/mol. The largest absolute Gasteiger partial charge is 0.430 e. The van der Waals surface area contributed by atoms with Crippen molar-refractivity contribution in [2.24, 2.45) is 0 Å². The van der Waals surface area contributed by atoms with Gasteiger partial charge in [-0.1, -0.05) is 41.9 Å². The van der Waals surface area contributed by atoms with Crippen LogP contribution >= 0.6 is 11.6 Å². The quantitative estimate of drug-likeness (QED) is 0.462. The number of benzene rings is 2. The summed E-state index contributed by atoms with van der Waals surface area (Å²) in [6.45, 7) is 0.644. The first-order chi connectivity index (χ1) is 17.7. The van der Waals surface area contributed by atoms with Crippen LogP contribution in [-0.4, -0.2) is 79.3 Å². The third-order valence-corrected chi connectivity index (χ3v) is 7.30. The van der Waals surface area contributed by atoms with E-state index in [1.54, 1.807) is 32.3 Å². The lowest BCUT2D eigenvalue weighted by molar-refractivity contribution is -0.261. The van der Waals surface area contributed by atoms with Crippen LogP contribution in [0.1, 0.15) is 41.6 Å². The van der Waals surface area contributed by atoms with Crippen molar-refractivity contribution in [1.82, 2.24) is 9.80 Å². The highest BCUT2D eigenvalue weighted by Gasteiger charge is 2.61. The van der Waals surface area contributed by atoms with E-state index in [1.165, 1.54) is 30.1 Å². The maximum absolute atomic E-state index is 15.5. The summed E-state index contributed by atoms with van der Waals surface area (Å²) in [5, 5.41) is 10.8. The molecule has 1 heterocycles. The molecule has 0 spiro atoms. The molecule has 0 aliphatic carbocycles. The van der Waals surface area contributed by atoms with E-state index in [2.05, 4.69) is 0 Å². The van der Waals surface area contributed by atoms with E-state index < -0.39 is 28.9 Å². The van der Waals surface area contributed by atoms with E-state index in [0.717, 1.165) is 22.7 Å². The molecule has 0 bridgehead atoms.